The first-order chi connectivity index (χ1) is 40.2. The van der Waals surface area contributed by atoms with Gasteiger partial charge < -0.3 is 24.7 Å². The summed E-state index contributed by atoms with van der Waals surface area (Å²) < 4.78 is 65.4. The van der Waals surface area contributed by atoms with E-state index in [1.54, 1.807) is 29.6 Å². The summed E-state index contributed by atoms with van der Waals surface area (Å²) in [6, 6.07) is 16.2. The minimum atomic E-state index is -3.28. The number of anilines is 3. The second-order valence-electron chi connectivity index (χ2n) is 25.2. The van der Waals surface area contributed by atoms with Crippen LogP contribution in [0.1, 0.15) is 115 Å². The van der Waals surface area contributed by atoms with Gasteiger partial charge in [0.15, 0.2) is 0 Å². The summed E-state index contributed by atoms with van der Waals surface area (Å²) >= 11 is 12.1. The Hall–Kier alpha value is -6.08. The van der Waals surface area contributed by atoms with Crippen LogP contribution >= 0.6 is 23.2 Å². The number of piperidine rings is 2. The van der Waals surface area contributed by atoms with Gasteiger partial charge in [-0.3, -0.25) is 25.2 Å². The van der Waals surface area contributed by atoms with Gasteiger partial charge in [-0.1, -0.05) is 23.2 Å². The molecule has 0 spiro atoms. The van der Waals surface area contributed by atoms with Gasteiger partial charge in [-0.2, -0.15) is 24.7 Å². The first kappa shape index (κ1) is 60.6. The Morgan fingerprint density at radius 2 is 1.04 bits per heavy atom. The van der Waals surface area contributed by atoms with E-state index in [1.807, 2.05) is 49.5 Å². The number of carbonyl (C=O) groups is 1. The van der Waals surface area contributed by atoms with Gasteiger partial charge in [-0.05, 0) is 151 Å². The lowest BCUT2D eigenvalue weighted by atomic mass is 9.85. The molecule has 5 N–H and O–H groups in total. The molecular formula is C60H77Cl2FN14O6S2. The largest absolute Gasteiger partial charge is 0.391 e. The van der Waals surface area contributed by atoms with Crippen LogP contribution in [0.2, 0.25) is 10.0 Å². The molecule has 1 atom stereocenters. The predicted octanol–water partition coefficient (Wildman–Crippen LogP) is 9.80. The van der Waals surface area contributed by atoms with Crippen LogP contribution in [0, 0.1) is 0 Å². The summed E-state index contributed by atoms with van der Waals surface area (Å²) in [5, 5.41) is 43.3. The molecule has 20 nitrogen and oxygen atoms in total. The van der Waals surface area contributed by atoms with E-state index >= 15 is 4.39 Å². The van der Waals surface area contributed by atoms with Crippen molar-refractivity contribution >= 4 is 110 Å². The van der Waals surface area contributed by atoms with E-state index in [4.69, 9.17) is 23.2 Å². The minimum absolute atomic E-state index is 0.112. The molecule has 4 aromatic heterocycles. The highest BCUT2D eigenvalue weighted by Gasteiger charge is 2.42. The number of aliphatic hydroxyl groups is 1. The van der Waals surface area contributed by atoms with Gasteiger partial charge in [0.25, 0.3) is 0 Å². The van der Waals surface area contributed by atoms with Gasteiger partial charge in [-0.25, -0.2) is 25.5 Å². The minimum Gasteiger partial charge on any atom is -0.391 e. The number of aliphatic hydroxyl groups excluding tert-OH is 1. The highest BCUT2D eigenvalue weighted by Crippen LogP contribution is 2.46. The molecular weight excluding hydrogens is 1170 g/mol. The molecule has 0 bridgehead atoms. The monoisotopic (exact) mass is 1240 g/mol. The Morgan fingerprint density at radius 3 is 1.49 bits per heavy atom. The van der Waals surface area contributed by atoms with Crippen LogP contribution in [0.5, 0.6) is 0 Å². The van der Waals surface area contributed by atoms with E-state index in [0.29, 0.717) is 64.5 Å². The quantitative estimate of drug-likeness (QED) is 0.0953. The molecule has 456 valence electrons. The van der Waals surface area contributed by atoms with Crippen molar-refractivity contribution in [1.82, 2.24) is 54.3 Å². The number of amides is 1. The number of piperazine rings is 2. The van der Waals surface area contributed by atoms with Crippen LogP contribution in [0.15, 0.2) is 73.3 Å². The molecule has 0 radical (unpaired) electrons. The molecule has 1 amide bonds. The number of nitrogens with zero attached hydrogens (tertiary/aromatic N) is 10. The summed E-state index contributed by atoms with van der Waals surface area (Å²) in [6.07, 6.45) is 16.6. The van der Waals surface area contributed by atoms with Gasteiger partial charge in [0, 0.05) is 132 Å². The van der Waals surface area contributed by atoms with Gasteiger partial charge >= 0.3 is 0 Å². The summed E-state index contributed by atoms with van der Waals surface area (Å²) in [5.74, 6) is 1.55. The van der Waals surface area contributed by atoms with Crippen LogP contribution in [-0.2, 0) is 30.5 Å². The van der Waals surface area contributed by atoms with E-state index in [2.05, 4.69) is 93.6 Å². The Labute approximate surface area is 505 Å². The number of hydrogen-bond donors (Lipinski definition) is 5. The predicted molar refractivity (Wildman–Crippen MR) is 336 cm³/mol. The maximum absolute atomic E-state index is 15.3. The Bertz CT molecular complexity index is 3980. The van der Waals surface area contributed by atoms with E-state index < -0.39 is 31.3 Å². The molecule has 6 fully saturated rings. The molecule has 4 aliphatic heterocycles. The SMILES string of the molecule is CC(=O)N1CCN(c2cc(C3CC3)cc3[nH]ncc23)CC1(C)C.CC1(C)CN(c2cc(C3CC3)cc3[nH]ncc23)CCN1S(C)(=O)=O.CS(=O)(=O)N1CCC(F)(c2cc(Cl)cc3[nH]ncc23)CC1.OC1CCCN(c2cc(Cl)cc3[nH]ncc23)C1. The van der Waals surface area contributed by atoms with Crippen LogP contribution < -0.4 is 14.7 Å². The van der Waals surface area contributed by atoms with Crippen molar-refractivity contribution in [2.75, 3.05) is 92.7 Å². The molecule has 14 rings (SSSR count). The highest BCUT2D eigenvalue weighted by molar-refractivity contribution is 7.88. The molecule has 2 aliphatic carbocycles. The summed E-state index contributed by atoms with van der Waals surface area (Å²) in [4.78, 5) is 20.8. The summed E-state index contributed by atoms with van der Waals surface area (Å²) in [7, 11) is -6.47. The Balaban J connectivity index is 0.000000119. The fraction of sp³-hybridized carbons (Fsp3) is 0.517. The molecule has 4 aromatic carbocycles. The maximum atomic E-state index is 15.3. The molecule has 25 heteroatoms. The highest BCUT2D eigenvalue weighted by atomic mass is 35.5. The lowest BCUT2D eigenvalue weighted by molar-refractivity contribution is -0.134. The number of alkyl halides is 1. The van der Waals surface area contributed by atoms with E-state index in [0.717, 1.165) is 78.3 Å². The second-order valence-corrected chi connectivity index (χ2v) is 29.9. The number of hydrogen-bond acceptors (Lipinski definition) is 13. The fourth-order valence-electron chi connectivity index (χ4n) is 13.1. The Morgan fingerprint density at radius 1 is 0.576 bits per heavy atom. The lowest BCUT2D eigenvalue weighted by Gasteiger charge is -2.47. The van der Waals surface area contributed by atoms with Crippen LogP contribution in [0.3, 0.4) is 0 Å². The van der Waals surface area contributed by atoms with Crippen molar-refractivity contribution < 1.29 is 31.1 Å². The number of rotatable bonds is 8. The number of carbonyl (C=O) groups excluding carboxylic acids is 1. The van der Waals surface area contributed by atoms with Crippen LogP contribution in [0.4, 0.5) is 21.5 Å². The molecule has 1 unspecified atom stereocenters. The molecule has 2 saturated carbocycles. The first-order valence-corrected chi connectivity index (χ1v) is 33.7. The third-order valence-electron chi connectivity index (χ3n) is 17.6. The number of sulfonamides is 2. The molecule has 6 aliphatic rings. The number of H-pyrrole nitrogens is 4. The van der Waals surface area contributed by atoms with Crippen molar-refractivity contribution in [3.05, 3.63) is 100 Å². The fourth-order valence-corrected chi connectivity index (χ4v) is 15.7. The van der Waals surface area contributed by atoms with E-state index in [9.17, 15) is 26.7 Å². The van der Waals surface area contributed by atoms with Gasteiger partial charge in [0.05, 0.1) is 71.0 Å². The van der Waals surface area contributed by atoms with Crippen LogP contribution in [0.25, 0.3) is 43.6 Å². The van der Waals surface area contributed by atoms with Crippen molar-refractivity contribution in [2.45, 2.75) is 121 Å². The molecule has 85 heavy (non-hydrogen) atoms. The molecule has 8 aromatic rings. The van der Waals surface area contributed by atoms with Gasteiger partial charge in [-0.15, -0.1) is 0 Å². The molecule has 8 heterocycles. The number of nitrogens with one attached hydrogen (secondary N) is 4. The number of halogens is 3. The first-order valence-electron chi connectivity index (χ1n) is 29.3. The van der Waals surface area contributed by atoms with Gasteiger partial charge in [0.2, 0.25) is 26.0 Å². The Kier molecular flexibility index (Phi) is 16.8. The zero-order chi connectivity index (χ0) is 60.4. The summed E-state index contributed by atoms with van der Waals surface area (Å²) in [6.45, 7) is 16.3. The second kappa shape index (κ2) is 23.5. The average molecular weight is 1240 g/mol. The number of benzene rings is 4. The van der Waals surface area contributed by atoms with Gasteiger partial charge in [0.1, 0.15) is 5.67 Å². The summed E-state index contributed by atoms with van der Waals surface area (Å²) in [5.41, 5.74) is 8.38. The standard InChI is InChI=1S/C18H24N4O.C17H24N4O2S.C13H15ClFN3O2S.C12H14ClN3O/c1-12(23)22-7-6-21(11-18(22,2)3)17-9-14(13-4-5-13)8-16-15(17)10-19-20-16;1-17(2)11-20(6-7-21(17)24(3,22)23)16-9-13(12-4-5-12)8-15-14(16)10-18-19-15;1-21(19,20)18-4-2-13(15,3-5-18)11-6-9(14)7-12-10(11)8-16-17-12;13-8-4-11-10(6-14-15-11)12(5-8)16-3-1-2-9(17)7-16/h8-10,13H,4-7,11H2,1-3H3,(H,19,20);8-10,12H,4-7,11H2,1-3H3,(H,18,19);6-8H,2-5H2,1H3,(H,16,17);4-6,9,17H,1-3,7H2,(H,14,15). The third-order valence-corrected chi connectivity index (χ3v) is 20.9. The normalized spacial score (nSPS) is 21.1. The lowest BCUT2D eigenvalue weighted by Crippen LogP contribution is -2.60. The number of β-amino-alcohol motifs (C(OH)–C–C–N with tert-alkyl or cyclic N) is 1. The van der Waals surface area contributed by atoms with Crippen molar-refractivity contribution in [2.24, 2.45) is 0 Å². The molecule has 4 saturated heterocycles. The third kappa shape index (κ3) is 13.3. The average Bonchev–Trinajstić information content (AvgIpc) is 2.65. The van der Waals surface area contributed by atoms with Crippen molar-refractivity contribution in [3.8, 4) is 0 Å². The topological polar surface area (TPSA) is 240 Å². The number of fused-ring (bicyclic) bond motifs is 4. The van der Waals surface area contributed by atoms with E-state index in [1.165, 1.54) is 64.1 Å². The number of aromatic amines is 4. The van der Waals surface area contributed by atoms with Crippen molar-refractivity contribution in [3.63, 3.8) is 0 Å². The number of aromatic nitrogens is 8. The zero-order valence-electron chi connectivity index (χ0n) is 49.3. The maximum Gasteiger partial charge on any atom is 0.220 e. The zero-order valence-corrected chi connectivity index (χ0v) is 52.4. The smallest absolute Gasteiger partial charge is 0.220 e. The van der Waals surface area contributed by atoms with Crippen molar-refractivity contribution in [1.29, 1.82) is 0 Å². The van der Waals surface area contributed by atoms with Crippen LogP contribution in [-0.4, -0.2) is 177 Å². The van der Waals surface area contributed by atoms with E-state index in [-0.39, 0.29) is 43.5 Å².